The molecule has 1 heteroatoms. The smallest absolute Gasteiger partial charge is 0.0547 e. The first kappa shape index (κ1) is 13.8. The van der Waals surface area contributed by atoms with E-state index in [9.17, 15) is 0 Å². The van der Waals surface area contributed by atoms with E-state index in [0.29, 0.717) is 0 Å². The molecule has 112 valence electrons. The highest BCUT2D eigenvalue weighted by atomic mass is 15.0. The summed E-state index contributed by atoms with van der Waals surface area (Å²) in [4.78, 5) is 0. The van der Waals surface area contributed by atoms with Gasteiger partial charge >= 0.3 is 0 Å². The van der Waals surface area contributed by atoms with Crippen molar-refractivity contribution >= 4 is 27.9 Å². The Hall–Kier alpha value is -2.80. The van der Waals surface area contributed by atoms with Gasteiger partial charge in [-0.15, -0.1) is 0 Å². The number of aromatic nitrogens is 1. The maximum Gasteiger partial charge on any atom is 0.0547 e. The van der Waals surface area contributed by atoms with Gasteiger partial charge in [-0.05, 0) is 49.2 Å². The van der Waals surface area contributed by atoms with Crippen LogP contribution in [0, 0.1) is 6.92 Å². The van der Waals surface area contributed by atoms with E-state index in [0.717, 1.165) is 0 Å². The average molecular weight is 297 g/mol. The van der Waals surface area contributed by atoms with Crippen molar-refractivity contribution in [1.29, 1.82) is 0 Å². The molecular weight excluding hydrogens is 278 g/mol. The number of fused-ring (bicyclic) bond motifs is 3. The van der Waals surface area contributed by atoms with Gasteiger partial charge in [0.15, 0.2) is 0 Å². The van der Waals surface area contributed by atoms with Gasteiger partial charge in [-0.1, -0.05) is 54.6 Å². The summed E-state index contributed by atoms with van der Waals surface area (Å²) < 4.78 is 2.37. The van der Waals surface area contributed by atoms with Crippen LogP contribution in [0.3, 0.4) is 0 Å². The first-order chi connectivity index (χ1) is 11.3. The van der Waals surface area contributed by atoms with Gasteiger partial charge in [0.05, 0.1) is 11.0 Å². The number of hydrogen-bond acceptors (Lipinski definition) is 0. The van der Waals surface area contributed by atoms with Crippen molar-refractivity contribution in [3.63, 3.8) is 0 Å². The normalized spacial score (nSPS) is 11.7. The summed E-state index contributed by atoms with van der Waals surface area (Å²) in [5.41, 5.74) is 6.25. The lowest BCUT2D eigenvalue weighted by molar-refractivity contribution is 1.18. The van der Waals surface area contributed by atoms with Crippen LogP contribution in [-0.4, -0.2) is 4.57 Å². The van der Waals surface area contributed by atoms with Crippen molar-refractivity contribution in [3.05, 3.63) is 83.9 Å². The molecule has 3 aromatic carbocycles. The standard InChI is InChI=1S/C22H19N/c1-3-7-17-11-13-20-19-12-10-16(2)14-21(19)23(22(20)15-17)18-8-5-4-6-9-18/h3-15H,1-2H3/b7-3+. The Morgan fingerprint density at radius 2 is 1.48 bits per heavy atom. The van der Waals surface area contributed by atoms with Crippen LogP contribution < -0.4 is 0 Å². The zero-order valence-corrected chi connectivity index (χ0v) is 13.5. The molecule has 4 aromatic rings. The largest absolute Gasteiger partial charge is 0.309 e. The number of aryl methyl sites for hydroxylation is 1. The second-order valence-corrected chi connectivity index (χ2v) is 5.97. The summed E-state index contributed by atoms with van der Waals surface area (Å²) in [5, 5.41) is 2.61. The summed E-state index contributed by atoms with van der Waals surface area (Å²) >= 11 is 0. The van der Waals surface area contributed by atoms with Gasteiger partial charge in [0.2, 0.25) is 0 Å². The van der Waals surface area contributed by atoms with Crippen LogP contribution in [0.15, 0.2) is 72.8 Å². The minimum atomic E-state index is 1.20. The molecule has 0 unspecified atom stereocenters. The van der Waals surface area contributed by atoms with Crippen molar-refractivity contribution in [2.45, 2.75) is 13.8 Å². The topological polar surface area (TPSA) is 4.93 Å². The van der Waals surface area contributed by atoms with Crippen molar-refractivity contribution in [2.24, 2.45) is 0 Å². The third-order valence-electron chi connectivity index (χ3n) is 4.32. The van der Waals surface area contributed by atoms with E-state index in [-0.39, 0.29) is 0 Å². The average Bonchev–Trinajstić information content (AvgIpc) is 2.88. The van der Waals surface area contributed by atoms with E-state index < -0.39 is 0 Å². The van der Waals surface area contributed by atoms with Crippen LogP contribution in [0.2, 0.25) is 0 Å². The maximum atomic E-state index is 2.37. The van der Waals surface area contributed by atoms with E-state index >= 15 is 0 Å². The van der Waals surface area contributed by atoms with Gasteiger partial charge in [0, 0.05) is 16.5 Å². The van der Waals surface area contributed by atoms with Crippen molar-refractivity contribution in [3.8, 4) is 5.69 Å². The van der Waals surface area contributed by atoms with Crippen molar-refractivity contribution < 1.29 is 0 Å². The Morgan fingerprint density at radius 3 is 2.22 bits per heavy atom. The predicted octanol–water partition coefficient (Wildman–Crippen LogP) is 6.13. The quantitative estimate of drug-likeness (QED) is 0.419. The Balaban J connectivity index is 2.17. The van der Waals surface area contributed by atoms with Gasteiger partial charge in [0.1, 0.15) is 0 Å². The molecule has 0 atom stereocenters. The summed E-state index contributed by atoms with van der Waals surface area (Å²) in [5.74, 6) is 0. The van der Waals surface area contributed by atoms with E-state index in [4.69, 9.17) is 0 Å². The van der Waals surface area contributed by atoms with Gasteiger partial charge in [-0.3, -0.25) is 0 Å². The molecule has 0 aliphatic rings. The fraction of sp³-hybridized carbons (Fsp3) is 0.0909. The Kier molecular flexibility index (Phi) is 3.27. The lowest BCUT2D eigenvalue weighted by Gasteiger charge is -2.08. The highest BCUT2D eigenvalue weighted by Crippen LogP contribution is 2.33. The summed E-state index contributed by atoms with van der Waals surface area (Å²) in [7, 11) is 0. The van der Waals surface area contributed by atoms with Crippen LogP contribution in [-0.2, 0) is 0 Å². The van der Waals surface area contributed by atoms with E-state index in [1.807, 2.05) is 0 Å². The van der Waals surface area contributed by atoms with Crippen molar-refractivity contribution in [2.75, 3.05) is 0 Å². The number of nitrogens with zero attached hydrogens (tertiary/aromatic N) is 1. The molecule has 0 amide bonds. The third-order valence-corrected chi connectivity index (χ3v) is 4.32. The molecule has 0 N–H and O–H groups in total. The number of hydrogen-bond donors (Lipinski definition) is 0. The van der Waals surface area contributed by atoms with Crippen LogP contribution in [0.1, 0.15) is 18.1 Å². The fourth-order valence-corrected chi connectivity index (χ4v) is 3.30. The van der Waals surface area contributed by atoms with Crippen molar-refractivity contribution in [1.82, 2.24) is 4.57 Å². The summed E-state index contributed by atoms with van der Waals surface area (Å²) in [6.45, 7) is 4.21. The molecular formula is C22H19N. The fourth-order valence-electron chi connectivity index (χ4n) is 3.30. The molecule has 1 aromatic heterocycles. The number of allylic oxidation sites excluding steroid dienone is 1. The van der Waals surface area contributed by atoms with Crippen LogP contribution >= 0.6 is 0 Å². The molecule has 0 saturated carbocycles. The SMILES string of the molecule is C/C=C/c1ccc2c3ccc(C)cc3n(-c3ccccc3)c2c1. The first-order valence-electron chi connectivity index (χ1n) is 8.01. The maximum absolute atomic E-state index is 2.37. The summed E-state index contributed by atoms with van der Waals surface area (Å²) in [6, 6.07) is 24.0. The van der Waals surface area contributed by atoms with Crippen LogP contribution in [0.5, 0.6) is 0 Å². The monoisotopic (exact) mass is 297 g/mol. The second-order valence-electron chi connectivity index (χ2n) is 5.97. The van der Waals surface area contributed by atoms with E-state index in [1.165, 1.54) is 38.6 Å². The highest BCUT2D eigenvalue weighted by Gasteiger charge is 2.12. The van der Waals surface area contributed by atoms with E-state index in [1.54, 1.807) is 0 Å². The lowest BCUT2D eigenvalue weighted by atomic mass is 10.1. The number of rotatable bonds is 2. The third kappa shape index (κ3) is 2.25. The zero-order valence-electron chi connectivity index (χ0n) is 13.5. The zero-order chi connectivity index (χ0) is 15.8. The second kappa shape index (κ2) is 5.44. The van der Waals surface area contributed by atoms with Crippen LogP contribution in [0.25, 0.3) is 33.6 Å². The molecule has 1 nitrogen and oxygen atoms in total. The Labute approximate surface area is 136 Å². The minimum absolute atomic E-state index is 1.20. The van der Waals surface area contributed by atoms with Crippen LogP contribution in [0.4, 0.5) is 0 Å². The lowest BCUT2D eigenvalue weighted by Crippen LogP contribution is -1.93. The Bertz CT molecular complexity index is 1020. The molecule has 0 fully saturated rings. The van der Waals surface area contributed by atoms with E-state index in [2.05, 4.69) is 97.3 Å². The first-order valence-corrected chi connectivity index (χ1v) is 8.01. The van der Waals surface area contributed by atoms with Gasteiger partial charge in [-0.2, -0.15) is 0 Å². The number of benzene rings is 3. The molecule has 1 heterocycles. The van der Waals surface area contributed by atoms with Gasteiger partial charge in [-0.25, -0.2) is 0 Å². The molecule has 0 radical (unpaired) electrons. The molecule has 0 aliphatic carbocycles. The molecule has 0 aliphatic heterocycles. The molecule has 0 saturated heterocycles. The summed E-state index contributed by atoms with van der Waals surface area (Å²) in [6.07, 6.45) is 4.23. The minimum Gasteiger partial charge on any atom is -0.309 e. The Morgan fingerprint density at radius 1 is 0.783 bits per heavy atom. The molecule has 0 spiro atoms. The predicted molar refractivity (Wildman–Crippen MR) is 100 cm³/mol. The van der Waals surface area contributed by atoms with Gasteiger partial charge in [0.25, 0.3) is 0 Å². The number of para-hydroxylation sites is 1. The molecule has 0 bridgehead atoms. The highest BCUT2D eigenvalue weighted by molar-refractivity contribution is 6.09. The molecule has 4 rings (SSSR count). The van der Waals surface area contributed by atoms with Gasteiger partial charge < -0.3 is 4.57 Å². The molecule has 23 heavy (non-hydrogen) atoms.